The minimum Gasteiger partial charge on any atom is -0.462 e. The van der Waals surface area contributed by atoms with Crippen LogP contribution in [-0.4, -0.2) is 37.2 Å². The summed E-state index contributed by atoms with van der Waals surface area (Å²) in [4.78, 5) is 38.2. The Morgan fingerprint density at radius 1 is 0.290 bits per heavy atom. The SMILES string of the molecule is CCCCC/C=C\C=C/CCCCCCCCC(=O)OCC(COC(=O)CCCCCCC\C=C/C=C\C=C/CCCCCCC)OC(=O)CCCCCCCCCCCCCCCCCCCC. The highest BCUT2D eigenvalue weighted by atomic mass is 16.6. The first-order chi connectivity index (χ1) is 34.0. The molecule has 0 aromatic rings. The summed E-state index contributed by atoms with van der Waals surface area (Å²) >= 11 is 0. The summed E-state index contributed by atoms with van der Waals surface area (Å²) in [5.74, 6) is -0.900. The standard InChI is InChI=1S/C63H112O6/c1-4-7-10-13-16-19-22-25-28-30-32-35-38-41-44-47-50-53-56-62(65)68-59-60(58-67-61(64)55-52-49-46-43-40-37-34-27-24-21-18-15-12-9-6-3)69-63(66)57-54-51-48-45-42-39-36-33-31-29-26-23-20-17-14-11-8-5-2/h18,21-22,24-25,27-28,30,32,35,60H,4-17,19-20,23,26,29,31,33-34,36-59H2,1-3H3/b21-18-,25-22-,27-24-,30-28-,35-32-. The number of carbonyl (C=O) groups is 3. The molecule has 0 aromatic carbocycles. The largest absolute Gasteiger partial charge is 0.462 e. The topological polar surface area (TPSA) is 78.9 Å². The molecule has 0 fully saturated rings. The summed E-state index contributed by atoms with van der Waals surface area (Å²) in [6.45, 7) is 6.60. The molecule has 0 radical (unpaired) electrons. The second kappa shape index (κ2) is 57.7. The number of allylic oxidation sites excluding steroid dienone is 10. The normalized spacial score (nSPS) is 12.4. The molecule has 0 saturated carbocycles. The molecule has 0 aliphatic heterocycles. The van der Waals surface area contributed by atoms with Crippen LogP contribution in [0.2, 0.25) is 0 Å². The van der Waals surface area contributed by atoms with E-state index in [1.165, 1.54) is 180 Å². The molecular formula is C63H112O6. The van der Waals surface area contributed by atoms with Crippen LogP contribution in [0.5, 0.6) is 0 Å². The molecule has 0 aromatic heterocycles. The van der Waals surface area contributed by atoms with Gasteiger partial charge in [0.25, 0.3) is 0 Å². The molecule has 0 aliphatic carbocycles. The zero-order valence-electron chi connectivity index (χ0n) is 45.8. The second-order valence-electron chi connectivity index (χ2n) is 20.0. The van der Waals surface area contributed by atoms with Gasteiger partial charge in [0.15, 0.2) is 6.10 Å². The van der Waals surface area contributed by atoms with Crippen molar-refractivity contribution in [1.82, 2.24) is 0 Å². The van der Waals surface area contributed by atoms with E-state index in [0.717, 1.165) is 83.5 Å². The Hall–Kier alpha value is -2.89. The van der Waals surface area contributed by atoms with Gasteiger partial charge in [-0.05, 0) is 70.6 Å². The van der Waals surface area contributed by atoms with Crippen molar-refractivity contribution in [3.63, 3.8) is 0 Å². The molecular weight excluding hydrogens is 853 g/mol. The van der Waals surface area contributed by atoms with Crippen LogP contribution in [0.4, 0.5) is 0 Å². The maximum atomic E-state index is 12.9. The summed E-state index contributed by atoms with van der Waals surface area (Å²) < 4.78 is 16.9. The number of rotatable bonds is 54. The molecule has 0 rings (SSSR count). The van der Waals surface area contributed by atoms with Gasteiger partial charge in [-0.1, -0.05) is 274 Å². The molecule has 0 N–H and O–H groups in total. The van der Waals surface area contributed by atoms with Gasteiger partial charge < -0.3 is 14.2 Å². The van der Waals surface area contributed by atoms with Gasteiger partial charge in [-0.2, -0.15) is 0 Å². The zero-order chi connectivity index (χ0) is 50.0. The van der Waals surface area contributed by atoms with Crippen molar-refractivity contribution in [2.24, 2.45) is 0 Å². The molecule has 6 heteroatoms. The molecule has 400 valence electrons. The minimum absolute atomic E-state index is 0.0848. The van der Waals surface area contributed by atoms with Crippen LogP contribution in [0.25, 0.3) is 0 Å². The van der Waals surface area contributed by atoms with Crippen LogP contribution in [0, 0.1) is 0 Å². The third-order valence-corrected chi connectivity index (χ3v) is 13.1. The van der Waals surface area contributed by atoms with E-state index in [1.54, 1.807) is 0 Å². The Labute approximate surface area is 428 Å². The van der Waals surface area contributed by atoms with E-state index in [-0.39, 0.29) is 31.1 Å². The second-order valence-corrected chi connectivity index (χ2v) is 20.0. The van der Waals surface area contributed by atoms with E-state index in [1.807, 2.05) is 0 Å². The smallest absolute Gasteiger partial charge is 0.306 e. The predicted octanol–water partition coefficient (Wildman–Crippen LogP) is 20.0. The first-order valence-electron chi connectivity index (χ1n) is 29.8. The first kappa shape index (κ1) is 66.1. The molecule has 1 unspecified atom stereocenters. The summed E-state index contributed by atoms with van der Waals surface area (Å²) in [7, 11) is 0. The lowest BCUT2D eigenvalue weighted by molar-refractivity contribution is -0.167. The van der Waals surface area contributed by atoms with Crippen LogP contribution < -0.4 is 0 Å². The van der Waals surface area contributed by atoms with Crippen LogP contribution in [0.1, 0.15) is 303 Å². The lowest BCUT2D eigenvalue weighted by Crippen LogP contribution is -2.30. The van der Waals surface area contributed by atoms with E-state index in [0.29, 0.717) is 19.3 Å². The molecule has 0 saturated heterocycles. The Balaban J connectivity index is 4.41. The Morgan fingerprint density at radius 3 is 0.841 bits per heavy atom. The van der Waals surface area contributed by atoms with E-state index in [2.05, 4.69) is 81.5 Å². The van der Waals surface area contributed by atoms with Crippen molar-refractivity contribution in [3.05, 3.63) is 60.8 Å². The van der Waals surface area contributed by atoms with Crippen molar-refractivity contribution < 1.29 is 28.6 Å². The van der Waals surface area contributed by atoms with Gasteiger partial charge in [-0.3, -0.25) is 14.4 Å². The third-order valence-electron chi connectivity index (χ3n) is 13.1. The maximum absolute atomic E-state index is 12.9. The van der Waals surface area contributed by atoms with Crippen LogP contribution in [0.3, 0.4) is 0 Å². The number of unbranched alkanes of at least 4 members (excludes halogenated alkanes) is 36. The van der Waals surface area contributed by atoms with Crippen molar-refractivity contribution in [2.45, 2.75) is 309 Å². The molecule has 0 amide bonds. The van der Waals surface area contributed by atoms with Gasteiger partial charge in [-0.15, -0.1) is 0 Å². The van der Waals surface area contributed by atoms with Crippen LogP contribution >= 0.6 is 0 Å². The summed E-state index contributed by atoms with van der Waals surface area (Å²) in [5.41, 5.74) is 0. The van der Waals surface area contributed by atoms with Gasteiger partial charge in [-0.25, -0.2) is 0 Å². The van der Waals surface area contributed by atoms with Gasteiger partial charge in [0.2, 0.25) is 0 Å². The third kappa shape index (κ3) is 55.9. The van der Waals surface area contributed by atoms with Gasteiger partial charge in [0, 0.05) is 19.3 Å². The van der Waals surface area contributed by atoms with Crippen molar-refractivity contribution in [2.75, 3.05) is 13.2 Å². The molecule has 0 aliphatic rings. The number of ether oxygens (including phenoxy) is 3. The molecule has 0 spiro atoms. The lowest BCUT2D eigenvalue weighted by atomic mass is 10.0. The lowest BCUT2D eigenvalue weighted by Gasteiger charge is -2.18. The molecule has 69 heavy (non-hydrogen) atoms. The number of hydrogen-bond acceptors (Lipinski definition) is 6. The van der Waals surface area contributed by atoms with Gasteiger partial charge in [0.1, 0.15) is 13.2 Å². The first-order valence-corrected chi connectivity index (χ1v) is 29.8. The number of hydrogen-bond donors (Lipinski definition) is 0. The molecule has 6 nitrogen and oxygen atoms in total. The summed E-state index contributed by atoms with van der Waals surface area (Å²) in [5, 5.41) is 0. The molecule has 1 atom stereocenters. The van der Waals surface area contributed by atoms with Crippen LogP contribution in [0.15, 0.2) is 60.8 Å². The van der Waals surface area contributed by atoms with E-state index < -0.39 is 6.10 Å². The predicted molar refractivity (Wildman–Crippen MR) is 298 cm³/mol. The highest BCUT2D eigenvalue weighted by molar-refractivity contribution is 5.71. The average Bonchev–Trinajstić information content (AvgIpc) is 3.35. The quantitative estimate of drug-likeness (QED) is 0.0262. The Morgan fingerprint density at radius 2 is 0.522 bits per heavy atom. The van der Waals surface area contributed by atoms with E-state index >= 15 is 0 Å². The van der Waals surface area contributed by atoms with Crippen molar-refractivity contribution in [3.8, 4) is 0 Å². The van der Waals surface area contributed by atoms with Crippen molar-refractivity contribution >= 4 is 17.9 Å². The maximum Gasteiger partial charge on any atom is 0.306 e. The monoisotopic (exact) mass is 965 g/mol. The summed E-state index contributed by atoms with van der Waals surface area (Å²) in [6, 6.07) is 0. The number of carbonyl (C=O) groups excluding carboxylic acids is 3. The fraction of sp³-hybridized carbons (Fsp3) is 0.794. The van der Waals surface area contributed by atoms with Crippen molar-refractivity contribution in [1.29, 1.82) is 0 Å². The Bertz CT molecular complexity index is 1250. The molecule has 0 bridgehead atoms. The Kier molecular flexibility index (Phi) is 55.3. The summed E-state index contributed by atoms with van der Waals surface area (Å²) in [6.07, 6.45) is 72.1. The zero-order valence-corrected chi connectivity index (χ0v) is 45.8. The molecule has 0 heterocycles. The van der Waals surface area contributed by atoms with Crippen LogP contribution in [-0.2, 0) is 28.6 Å². The fourth-order valence-corrected chi connectivity index (χ4v) is 8.55. The van der Waals surface area contributed by atoms with Gasteiger partial charge in [0.05, 0.1) is 0 Å². The van der Waals surface area contributed by atoms with Gasteiger partial charge >= 0.3 is 17.9 Å². The number of esters is 3. The fourth-order valence-electron chi connectivity index (χ4n) is 8.55. The average molecular weight is 966 g/mol. The highest BCUT2D eigenvalue weighted by Gasteiger charge is 2.19. The highest BCUT2D eigenvalue weighted by Crippen LogP contribution is 2.16. The van der Waals surface area contributed by atoms with E-state index in [4.69, 9.17) is 14.2 Å². The van der Waals surface area contributed by atoms with E-state index in [9.17, 15) is 14.4 Å². The minimum atomic E-state index is -0.786.